The summed E-state index contributed by atoms with van der Waals surface area (Å²) in [5.41, 5.74) is 0. The lowest BCUT2D eigenvalue weighted by Crippen LogP contribution is -2.36. The van der Waals surface area contributed by atoms with E-state index in [-0.39, 0.29) is 5.25 Å². The molecule has 0 amide bonds. The van der Waals surface area contributed by atoms with Gasteiger partial charge in [0.25, 0.3) is 0 Å². The Labute approximate surface area is 105 Å². The van der Waals surface area contributed by atoms with Gasteiger partial charge in [0.05, 0.1) is 11.0 Å². The molecule has 100 valence electrons. The summed E-state index contributed by atoms with van der Waals surface area (Å²) in [5, 5.41) is 3.39. The van der Waals surface area contributed by atoms with Crippen LogP contribution in [0.5, 0.6) is 0 Å². The van der Waals surface area contributed by atoms with Crippen molar-refractivity contribution in [1.29, 1.82) is 0 Å². The van der Waals surface area contributed by atoms with Crippen molar-refractivity contribution in [1.82, 2.24) is 5.32 Å². The predicted octanol–water partition coefficient (Wildman–Crippen LogP) is 2.27. The summed E-state index contributed by atoms with van der Waals surface area (Å²) in [7, 11) is -2.82. The number of sulfone groups is 1. The summed E-state index contributed by atoms with van der Waals surface area (Å²) in [6, 6.07) is 0.572. The van der Waals surface area contributed by atoms with Gasteiger partial charge in [0.15, 0.2) is 9.84 Å². The van der Waals surface area contributed by atoms with Crippen LogP contribution in [-0.2, 0) is 9.84 Å². The van der Waals surface area contributed by atoms with Crippen molar-refractivity contribution in [3.05, 3.63) is 0 Å². The molecule has 3 nitrogen and oxygen atoms in total. The Hall–Kier alpha value is -0.0900. The molecule has 0 heterocycles. The predicted molar refractivity (Wildman–Crippen MR) is 70.9 cm³/mol. The molecule has 0 saturated heterocycles. The number of rotatable bonds is 5. The first-order chi connectivity index (χ1) is 8.18. The third-order valence-corrected chi connectivity index (χ3v) is 6.50. The van der Waals surface area contributed by atoms with Gasteiger partial charge < -0.3 is 5.32 Å². The molecule has 0 aliphatic heterocycles. The zero-order valence-corrected chi connectivity index (χ0v) is 11.5. The summed E-state index contributed by atoms with van der Waals surface area (Å²) >= 11 is 0. The van der Waals surface area contributed by atoms with E-state index in [9.17, 15) is 8.42 Å². The van der Waals surface area contributed by atoms with Gasteiger partial charge in [-0.25, -0.2) is 8.42 Å². The van der Waals surface area contributed by atoms with E-state index < -0.39 is 9.84 Å². The van der Waals surface area contributed by atoms with Crippen LogP contribution in [-0.4, -0.2) is 32.0 Å². The lowest BCUT2D eigenvalue weighted by atomic mass is 9.96. The van der Waals surface area contributed by atoms with Gasteiger partial charge in [0.2, 0.25) is 0 Å². The van der Waals surface area contributed by atoms with Crippen LogP contribution in [0.4, 0.5) is 0 Å². The SMILES string of the molecule is O=S(=O)(CCNC1CCCCC1)C1CCCC1. The van der Waals surface area contributed by atoms with Crippen LogP contribution in [0.3, 0.4) is 0 Å². The van der Waals surface area contributed by atoms with Crippen LogP contribution in [0.25, 0.3) is 0 Å². The molecule has 4 heteroatoms. The Kier molecular flexibility index (Phi) is 4.86. The van der Waals surface area contributed by atoms with Crippen LogP contribution in [0.2, 0.25) is 0 Å². The molecule has 2 saturated carbocycles. The van der Waals surface area contributed by atoms with E-state index in [1.54, 1.807) is 0 Å². The van der Waals surface area contributed by atoms with E-state index in [0.717, 1.165) is 25.7 Å². The topological polar surface area (TPSA) is 46.2 Å². The van der Waals surface area contributed by atoms with Gasteiger partial charge in [-0.3, -0.25) is 0 Å². The first-order valence-corrected chi connectivity index (χ1v) is 8.85. The molecule has 2 fully saturated rings. The summed E-state index contributed by atoms with van der Waals surface area (Å²) in [6.07, 6.45) is 10.4. The molecule has 17 heavy (non-hydrogen) atoms. The van der Waals surface area contributed by atoms with Crippen molar-refractivity contribution in [2.24, 2.45) is 0 Å². The highest BCUT2D eigenvalue weighted by atomic mass is 32.2. The van der Waals surface area contributed by atoms with E-state index in [4.69, 9.17) is 0 Å². The van der Waals surface area contributed by atoms with Crippen LogP contribution >= 0.6 is 0 Å². The van der Waals surface area contributed by atoms with E-state index in [0.29, 0.717) is 18.3 Å². The maximum atomic E-state index is 12.0. The average Bonchev–Trinajstić information content (AvgIpc) is 2.84. The van der Waals surface area contributed by atoms with Gasteiger partial charge in [-0.1, -0.05) is 32.1 Å². The molecule has 0 aromatic carbocycles. The minimum absolute atomic E-state index is 0.0318. The van der Waals surface area contributed by atoms with Gasteiger partial charge in [-0.05, 0) is 25.7 Å². The van der Waals surface area contributed by atoms with Gasteiger partial charge >= 0.3 is 0 Å². The molecule has 0 aromatic rings. The summed E-state index contributed by atoms with van der Waals surface area (Å²) in [6.45, 7) is 0.656. The van der Waals surface area contributed by atoms with E-state index in [1.807, 2.05) is 0 Å². The van der Waals surface area contributed by atoms with E-state index in [1.165, 1.54) is 32.1 Å². The van der Waals surface area contributed by atoms with Crippen LogP contribution in [0.1, 0.15) is 57.8 Å². The molecule has 0 atom stereocenters. The summed E-state index contributed by atoms with van der Waals surface area (Å²) < 4.78 is 24.1. The van der Waals surface area contributed by atoms with Crippen molar-refractivity contribution in [3.63, 3.8) is 0 Å². The fourth-order valence-electron chi connectivity index (χ4n) is 3.13. The van der Waals surface area contributed by atoms with Crippen molar-refractivity contribution in [2.45, 2.75) is 69.1 Å². The Bertz CT molecular complexity index is 314. The first-order valence-electron chi connectivity index (χ1n) is 7.13. The molecule has 0 aromatic heterocycles. The molecule has 0 bridgehead atoms. The Morgan fingerprint density at radius 1 is 0.882 bits per heavy atom. The van der Waals surface area contributed by atoms with Crippen LogP contribution in [0.15, 0.2) is 0 Å². The van der Waals surface area contributed by atoms with Crippen LogP contribution < -0.4 is 5.32 Å². The van der Waals surface area contributed by atoms with Gasteiger partial charge in [-0.2, -0.15) is 0 Å². The third kappa shape index (κ3) is 3.95. The number of nitrogens with one attached hydrogen (secondary N) is 1. The smallest absolute Gasteiger partial charge is 0.154 e. The third-order valence-electron chi connectivity index (χ3n) is 4.23. The fourth-order valence-corrected chi connectivity index (χ4v) is 4.91. The molecule has 0 unspecified atom stereocenters. The molecular weight excluding hydrogens is 234 g/mol. The zero-order chi connectivity index (χ0) is 12.1. The molecule has 2 rings (SSSR count). The number of hydrogen-bond acceptors (Lipinski definition) is 3. The normalized spacial score (nSPS) is 24.2. The average molecular weight is 259 g/mol. The molecular formula is C13H25NO2S. The van der Waals surface area contributed by atoms with Gasteiger partial charge in [0.1, 0.15) is 0 Å². The van der Waals surface area contributed by atoms with Crippen molar-refractivity contribution >= 4 is 9.84 Å². The highest BCUT2D eigenvalue weighted by molar-refractivity contribution is 7.92. The maximum absolute atomic E-state index is 12.0. The highest BCUT2D eigenvalue weighted by Crippen LogP contribution is 2.25. The Morgan fingerprint density at radius 2 is 1.47 bits per heavy atom. The second-order valence-electron chi connectivity index (χ2n) is 5.56. The minimum atomic E-state index is -2.82. The molecule has 0 spiro atoms. The zero-order valence-electron chi connectivity index (χ0n) is 10.7. The summed E-state index contributed by atoms with van der Waals surface area (Å²) in [4.78, 5) is 0. The monoisotopic (exact) mass is 259 g/mol. The van der Waals surface area contributed by atoms with Crippen LogP contribution in [0, 0.1) is 0 Å². The maximum Gasteiger partial charge on any atom is 0.154 e. The molecule has 2 aliphatic carbocycles. The largest absolute Gasteiger partial charge is 0.313 e. The van der Waals surface area contributed by atoms with Crippen molar-refractivity contribution < 1.29 is 8.42 Å². The standard InChI is InChI=1S/C13H25NO2S/c15-17(16,13-8-4-5-9-13)11-10-14-12-6-2-1-3-7-12/h12-14H,1-11H2. The van der Waals surface area contributed by atoms with Crippen molar-refractivity contribution in [2.75, 3.05) is 12.3 Å². The molecule has 2 aliphatic rings. The van der Waals surface area contributed by atoms with Crippen molar-refractivity contribution in [3.8, 4) is 0 Å². The Morgan fingerprint density at radius 3 is 2.12 bits per heavy atom. The first kappa shape index (κ1) is 13.3. The van der Waals surface area contributed by atoms with Gasteiger partial charge in [0, 0.05) is 12.6 Å². The highest BCUT2D eigenvalue weighted by Gasteiger charge is 2.28. The quantitative estimate of drug-likeness (QED) is 0.824. The van der Waals surface area contributed by atoms with Gasteiger partial charge in [-0.15, -0.1) is 0 Å². The number of hydrogen-bond donors (Lipinski definition) is 1. The Balaban J connectivity index is 1.69. The molecule has 0 radical (unpaired) electrons. The fraction of sp³-hybridized carbons (Fsp3) is 1.00. The van der Waals surface area contributed by atoms with E-state index in [2.05, 4.69) is 5.32 Å². The summed E-state index contributed by atoms with van der Waals surface area (Å²) in [5.74, 6) is 0.341. The van der Waals surface area contributed by atoms with E-state index >= 15 is 0 Å². The lowest BCUT2D eigenvalue weighted by Gasteiger charge is -2.23. The lowest BCUT2D eigenvalue weighted by molar-refractivity contribution is 0.380. The second kappa shape index (κ2) is 6.19. The molecule has 1 N–H and O–H groups in total. The second-order valence-corrected chi connectivity index (χ2v) is 7.96. The minimum Gasteiger partial charge on any atom is -0.313 e.